The molecule has 1 aliphatic heterocycles. The SMILES string of the molecule is Cc1ccc(-n2nccn2)c(C(=O)N2CCCC(C)C2CNc2ncc(C#N)cc2F)c1. The van der Waals surface area contributed by atoms with Gasteiger partial charge in [0.15, 0.2) is 11.6 Å². The van der Waals surface area contributed by atoms with E-state index in [2.05, 4.69) is 27.4 Å². The normalized spacial score (nSPS) is 18.2. The van der Waals surface area contributed by atoms with Gasteiger partial charge in [-0.15, -0.1) is 0 Å². The van der Waals surface area contributed by atoms with Gasteiger partial charge < -0.3 is 10.2 Å². The molecule has 0 aliphatic carbocycles. The van der Waals surface area contributed by atoms with Crippen molar-refractivity contribution in [2.45, 2.75) is 32.7 Å². The van der Waals surface area contributed by atoms with Gasteiger partial charge in [0, 0.05) is 19.3 Å². The van der Waals surface area contributed by atoms with Crippen molar-refractivity contribution in [2.75, 3.05) is 18.4 Å². The molecule has 1 fully saturated rings. The van der Waals surface area contributed by atoms with Gasteiger partial charge in [0.2, 0.25) is 0 Å². The highest BCUT2D eigenvalue weighted by Crippen LogP contribution is 2.27. The minimum atomic E-state index is -0.587. The van der Waals surface area contributed by atoms with Gasteiger partial charge >= 0.3 is 0 Å². The molecule has 0 radical (unpaired) electrons. The molecule has 1 N–H and O–H groups in total. The molecule has 0 bridgehead atoms. The van der Waals surface area contributed by atoms with Crippen molar-refractivity contribution < 1.29 is 9.18 Å². The van der Waals surface area contributed by atoms with Gasteiger partial charge in [-0.3, -0.25) is 4.79 Å². The molecular weight excluding hydrogens is 409 g/mol. The van der Waals surface area contributed by atoms with Crippen LogP contribution in [0.1, 0.15) is 41.3 Å². The highest BCUT2D eigenvalue weighted by Gasteiger charge is 2.33. The van der Waals surface area contributed by atoms with Gasteiger partial charge in [-0.2, -0.15) is 20.3 Å². The van der Waals surface area contributed by atoms with Crippen LogP contribution in [0, 0.1) is 30.0 Å². The zero-order chi connectivity index (χ0) is 22.7. The first-order valence-corrected chi connectivity index (χ1v) is 10.6. The van der Waals surface area contributed by atoms with E-state index in [4.69, 9.17) is 5.26 Å². The van der Waals surface area contributed by atoms with E-state index in [1.165, 1.54) is 11.0 Å². The fourth-order valence-electron chi connectivity index (χ4n) is 4.13. The molecule has 164 valence electrons. The Balaban J connectivity index is 1.60. The lowest BCUT2D eigenvalue weighted by atomic mass is 9.89. The number of carbonyl (C=O) groups is 1. The molecule has 2 aromatic heterocycles. The first-order valence-electron chi connectivity index (χ1n) is 10.6. The Hall–Kier alpha value is -3.80. The van der Waals surface area contributed by atoms with E-state index >= 15 is 0 Å². The number of nitriles is 1. The number of aryl methyl sites for hydroxylation is 1. The van der Waals surface area contributed by atoms with Gasteiger partial charge in [-0.05, 0) is 43.9 Å². The summed E-state index contributed by atoms with van der Waals surface area (Å²) in [7, 11) is 0. The topological polar surface area (TPSA) is 99.7 Å². The highest BCUT2D eigenvalue weighted by molar-refractivity contribution is 5.98. The number of hydrogen-bond donors (Lipinski definition) is 1. The van der Waals surface area contributed by atoms with Crippen LogP contribution in [0.3, 0.4) is 0 Å². The Morgan fingerprint density at radius 1 is 1.31 bits per heavy atom. The quantitative estimate of drug-likeness (QED) is 0.663. The number of nitrogens with zero attached hydrogens (tertiary/aromatic N) is 6. The summed E-state index contributed by atoms with van der Waals surface area (Å²) in [5.74, 6) is -0.396. The van der Waals surface area contributed by atoms with Gasteiger partial charge in [0.1, 0.15) is 6.07 Å². The smallest absolute Gasteiger partial charge is 0.256 e. The minimum absolute atomic E-state index is 0.0751. The van der Waals surface area contributed by atoms with Crippen LogP contribution in [-0.4, -0.2) is 49.9 Å². The first-order chi connectivity index (χ1) is 15.5. The molecule has 3 heterocycles. The first kappa shape index (κ1) is 21.4. The van der Waals surface area contributed by atoms with E-state index in [0.717, 1.165) is 24.5 Å². The summed E-state index contributed by atoms with van der Waals surface area (Å²) in [5.41, 5.74) is 2.28. The number of aromatic nitrogens is 4. The van der Waals surface area contributed by atoms with Crippen LogP contribution in [0.25, 0.3) is 5.69 Å². The molecule has 32 heavy (non-hydrogen) atoms. The third-order valence-electron chi connectivity index (χ3n) is 5.84. The van der Waals surface area contributed by atoms with Crippen molar-refractivity contribution in [2.24, 2.45) is 5.92 Å². The fraction of sp³-hybridized carbons (Fsp3) is 0.348. The molecule has 1 saturated heterocycles. The lowest BCUT2D eigenvalue weighted by molar-refractivity contribution is 0.0539. The van der Waals surface area contributed by atoms with Crippen LogP contribution in [0.2, 0.25) is 0 Å². The summed E-state index contributed by atoms with van der Waals surface area (Å²) in [5, 5.41) is 20.3. The molecule has 2 unspecified atom stereocenters. The number of anilines is 1. The molecule has 0 saturated carbocycles. The molecule has 1 aliphatic rings. The average Bonchev–Trinajstić information content (AvgIpc) is 3.33. The standard InChI is InChI=1S/C23H24FN7O/c1-15-5-6-20(31-28-7-8-29-31)18(10-15)23(32)30-9-3-4-16(2)21(30)14-27-22-19(24)11-17(12-25)13-26-22/h5-8,10-11,13,16,21H,3-4,9,14H2,1-2H3,(H,26,27). The van der Waals surface area contributed by atoms with E-state index < -0.39 is 5.82 Å². The third-order valence-corrected chi connectivity index (χ3v) is 5.84. The lowest BCUT2D eigenvalue weighted by Crippen LogP contribution is -2.51. The van der Waals surface area contributed by atoms with E-state index in [1.54, 1.807) is 12.4 Å². The maximum absolute atomic E-state index is 14.3. The third kappa shape index (κ3) is 4.30. The largest absolute Gasteiger partial charge is 0.366 e. The maximum Gasteiger partial charge on any atom is 0.256 e. The molecule has 8 nitrogen and oxygen atoms in total. The minimum Gasteiger partial charge on any atom is -0.366 e. The highest BCUT2D eigenvalue weighted by atomic mass is 19.1. The Morgan fingerprint density at radius 3 is 2.81 bits per heavy atom. The second-order valence-electron chi connectivity index (χ2n) is 8.07. The number of nitrogens with one attached hydrogen (secondary N) is 1. The maximum atomic E-state index is 14.3. The molecule has 9 heteroatoms. The molecule has 3 aromatic rings. The van der Waals surface area contributed by atoms with E-state index in [-0.39, 0.29) is 29.2 Å². The van der Waals surface area contributed by atoms with Crippen LogP contribution in [0.15, 0.2) is 42.9 Å². The molecule has 0 spiro atoms. The second kappa shape index (κ2) is 9.14. The average molecular weight is 433 g/mol. The number of benzene rings is 1. The Kier molecular flexibility index (Phi) is 6.12. The number of carbonyl (C=O) groups excluding carboxylic acids is 1. The van der Waals surface area contributed by atoms with Crippen molar-refractivity contribution in [3.05, 3.63) is 65.4 Å². The summed E-state index contributed by atoms with van der Waals surface area (Å²) >= 11 is 0. The van der Waals surface area contributed by atoms with E-state index in [0.29, 0.717) is 24.3 Å². The Labute approximate surface area is 185 Å². The van der Waals surface area contributed by atoms with Crippen LogP contribution in [-0.2, 0) is 0 Å². The lowest BCUT2D eigenvalue weighted by Gasteiger charge is -2.40. The van der Waals surface area contributed by atoms with E-state index in [9.17, 15) is 9.18 Å². The van der Waals surface area contributed by atoms with Gasteiger partial charge in [0.25, 0.3) is 5.91 Å². The van der Waals surface area contributed by atoms with Crippen LogP contribution < -0.4 is 5.32 Å². The number of piperidine rings is 1. The Morgan fingerprint density at radius 2 is 2.09 bits per heavy atom. The predicted octanol–water partition coefficient (Wildman–Crippen LogP) is 3.33. The molecule has 1 amide bonds. The molecule has 1 aromatic carbocycles. The van der Waals surface area contributed by atoms with Gasteiger partial charge in [-0.1, -0.05) is 18.6 Å². The van der Waals surface area contributed by atoms with E-state index in [1.807, 2.05) is 36.1 Å². The number of hydrogen-bond acceptors (Lipinski definition) is 6. The summed E-state index contributed by atoms with van der Waals surface area (Å²) in [6, 6.07) is 8.50. The monoisotopic (exact) mass is 433 g/mol. The summed E-state index contributed by atoms with van der Waals surface area (Å²) in [6.07, 6.45) is 6.34. The number of rotatable bonds is 5. The van der Waals surface area contributed by atoms with Crippen molar-refractivity contribution in [1.29, 1.82) is 5.26 Å². The van der Waals surface area contributed by atoms with Crippen LogP contribution in [0.5, 0.6) is 0 Å². The second-order valence-corrected chi connectivity index (χ2v) is 8.07. The number of likely N-dealkylation sites (tertiary alicyclic amines) is 1. The van der Waals surface area contributed by atoms with Gasteiger partial charge in [0.05, 0.1) is 35.2 Å². The zero-order valence-electron chi connectivity index (χ0n) is 18.0. The summed E-state index contributed by atoms with van der Waals surface area (Å²) in [4.78, 5) is 21.0. The van der Waals surface area contributed by atoms with Crippen LogP contribution in [0.4, 0.5) is 10.2 Å². The fourth-order valence-corrected chi connectivity index (χ4v) is 4.13. The van der Waals surface area contributed by atoms with Crippen molar-refractivity contribution >= 4 is 11.7 Å². The molecular formula is C23H24FN7O. The summed E-state index contributed by atoms with van der Waals surface area (Å²) in [6.45, 7) is 5.00. The summed E-state index contributed by atoms with van der Waals surface area (Å²) < 4.78 is 14.3. The molecule has 2 atom stereocenters. The number of pyridine rings is 1. The van der Waals surface area contributed by atoms with Gasteiger partial charge in [-0.25, -0.2) is 9.37 Å². The predicted molar refractivity (Wildman–Crippen MR) is 117 cm³/mol. The van der Waals surface area contributed by atoms with Crippen molar-refractivity contribution in [3.63, 3.8) is 0 Å². The van der Waals surface area contributed by atoms with Crippen LogP contribution >= 0.6 is 0 Å². The van der Waals surface area contributed by atoms with Crippen molar-refractivity contribution in [1.82, 2.24) is 24.9 Å². The Bertz CT molecular complexity index is 1160. The number of amides is 1. The number of halogens is 1. The zero-order valence-corrected chi connectivity index (χ0v) is 18.0. The van der Waals surface area contributed by atoms with Crippen molar-refractivity contribution in [3.8, 4) is 11.8 Å². The molecule has 4 rings (SSSR count).